The van der Waals surface area contributed by atoms with Gasteiger partial charge in [-0.2, -0.15) is 0 Å². The molecule has 0 spiro atoms. The third kappa shape index (κ3) is 4.03. The summed E-state index contributed by atoms with van der Waals surface area (Å²) in [6, 6.07) is 9.32. The van der Waals surface area contributed by atoms with Gasteiger partial charge in [-0.15, -0.1) is 0 Å². The second-order valence-electron chi connectivity index (χ2n) is 5.16. The van der Waals surface area contributed by atoms with E-state index in [-0.39, 0.29) is 6.54 Å². The topological polar surface area (TPSA) is 71.5 Å². The number of hydrogen-bond acceptors (Lipinski definition) is 5. The van der Waals surface area contributed by atoms with Crippen molar-refractivity contribution >= 4 is 0 Å². The van der Waals surface area contributed by atoms with Gasteiger partial charge in [-0.05, 0) is 20.0 Å². The van der Waals surface area contributed by atoms with Crippen molar-refractivity contribution in [2.45, 2.75) is 26.0 Å². The first-order valence-electron chi connectivity index (χ1n) is 7.10. The smallest absolute Gasteiger partial charge is 0.390 e. The van der Waals surface area contributed by atoms with E-state index >= 15 is 0 Å². The Morgan fingerprint density at radius 2 is 2.10 bits per heavy atom. The summed E-state index contributed by atoms with van der Waals surface area (Å²) in [5.74, 6) is -0.108. The Labute approximate surface area is 123 Å². The minimum atomic E-state index is -0.652. The van der Waals surface area contributed by atoms with Crippen molar-refractivity contribution in [2.24, 2.45) is 0 Å². The molecule has 6 heteroatoms. The molecule has 1 aromatic carbocycles. The summed E-state index contributed by atoms with van der Waals surface area (Å²) < 4.78 is 6.11. The Morgan fingerprint density at radius 3 is 2.76 bits per heavy atom. The van der Waals surface area contributed by atoms with Crippen LogP contribution in [0.15, 0.2) is 39.6 Å². The second-order valence-corrected chi connectivity index (χ2v) is 5.16. The molecule has 6 nitrogen and oxygen atoms in total. The highest BCUT2D eigenvalue weighted by Gasteiger charge is 2.17. The molecule has 0 aliphatic heterocycles. The molecule has 21 heavy (non-hydrogen) atoms. The zero-order valence-electron chi connectivity index (χ0n) is 12.4. The van der Waals surface area contributed by atoms with Crippen molar-refractivity contribution in [3.8, 4) is 11.4 Å². The quantitative estimate of drug-likeness (QED) is 0.830. The summed E-state index contributed by atoms with van der Waals surface area (Å²) in [6.45, 7) is 3.66. The fourth-order valence-electron chi connectivity index (χ4n) is 2.33. The number of aliphatic hydroxyl groups is 1. The van der Waals surface area contributed by atoms with Gasteiger partial charge < -0.3 is 10.0 Å². The van der Waals surface area contributed by atoms with Crippen LogP contribution >= 0.6 is 0 Å². The van der Waals surface area contributed by atoms with Crippen LogP contribution in [-0.2, 0) is 6.54 Å². The van der Waals surface area contributed by atoms with E-state index in [1.165, 1.54) is 4.57 Å². The first kappa shape index (κ1) is 15.5. The van der Waals surface area contributed by atoms with Gasteiger partial charge in [-0.25, -0.2) is 4.79 Å². The average Bonchev–Trinajstić information content (AvgIpc) is 2.81. The normalized spacial score (nSPS) is 12.8. The van der Waals surface area contributed by atoms with Crippen molar-refractivity contribution in [3.63, 3.8) is 0 Å². The zero-order chi connectivity index (χ0) is 15.2. The van der Waals surface area contributed by atoms with Crippen molar-refractivity contribution < 1.29 is 9.63 Å². The largest absolute Gasteiger partial charge is 0.441 e. The van der Waals surface area contributed by atoms with Crippen LogP contribution in [0.5, 0.6) is 0 Å². The number of benzene rings is 1. The number of aliphatic hydroxyl groups excluding tert-OH is 1. The lowest BCUT2D eigenvalue weighted by atomic mass is 10.2. The predicted molar refractivity (Wildman–Crippen MR) is 80.0 cm³/mol. The summed E-state index contributed by atoms with van der Waals surface area (Å²) in [7, 11) is 1.95. The van der Waals surface area contributed by atoms with E-state index in [0.717, 1.165) is 18.5 Å². The summed E-state index contributed by atoms with van der Waals surface area (Å²) in [5, 5.41) is 13.9. The maximum Gasteiger partial charge on any atom is 0.441 e. The lowest BCUT2D eigenvalue weighted by molar-refractivity contribution is 0.108. The fraction of sp³-hybridized carbons (Fsp3) is 0.467. The van der Waals surface area contributed by atoms with Crippen LogP contribution < -0.4 is 5.76 Å². The number of hydrogen-bond donors (Lipinski definition) is 1. The molecule has 2 aromatic rings. The van der Waals surface area contributed by atoms with E-state index < -0.39 is 11.9 Å². The van der Waals surface area contributed by atoms with E-state index in [0.29, 0.717) is 12.4 Å². The lowest BCUT2D eigenvalue weighted by Gasteiger charge is -2.20. The van der Waals surface area contributed by atoms with Gasteiger partial charge in [0.05, 0.1) is 12.6 Å². The average molecular weight is 291 g/mol. The van der Waals surface area contributed by atoms with E-state index in [2.05, 4.69) is 12.1 Å². The highest BCUT2D eigenvalue weighted by Crippen LogP contribution is 2.15. The van der Waals surface area contributed by atoms with Gasteiger partial charge in [0.1, 0.15) is 0 Å². The van der Waals surface area contributed by atoms with Gasteiger partial charge in [0.2, 0.25) is 0 Å². The summed E-state index contributed by atoms with van der Waals surface area (Å²) in [4.78, 5) is 13.8. The van der Waals surface area contributed by atoms with E-state index in [9.17, 15) is 9.90 Å². The Bertz CT molecular complexity index is 606. The molecule has 1 heterocycles. The first-order valence-corrected chi connectivity index (χ1v) is 7.10. The number of aromatic nitrogens is 2. The molecule has 0 saturated carbocycles. The predicted octanol–water partition coefficient (Wildman–Crippen LogP) is 1.21. The molecule has 1 aromatic heterocycles. The van der Waals surface area contributed by atoms with Gasteiger partial charge in [-0.1, -0.05) is 42.4 Å². The lowest BCUT2D eigenvalue weighted by Crippen LogP contribution is -2.34. The molecule has 0 amide bonds. The Balaban J connectivity index is 2.14. The standard InChI is InChI=1S/C15H21N3O3/c1-3-9-17(2)10-13(19)11-18-14(16-21-15(18)20)12-7-5-4-6-8-12/h4-8,13,19H,3,9-11H2,1-2H3. The van der Waals surface area contributed by atoms with Gasteiger partial charge >= 0.3 is 5.76 Å². The van der Waals surface area contributed by atoms with Crippen LogP contribution in [0.1, 0.15) is 13.3 Å². The molecule has 0 fully saturated rings. The van der Waals surface area contributed by atoms with E-state index in [1.807, 2.05) is 42.3 Å². The third-order valence-corrected chi connectivity index (χ3v) is 3.24. The molecule has 0 radical (unpaired) electrons. The summed E-state index contributed by atoms with van der Waals surface area (Å²) >= 11 is 0. The number of likely N-dealkylation sites (N-methyl/N-ethyl adjacent to an activating group) is 1. The van der Waals surface area contributed by atoms with Crippen molar-refractivity contribution in [2.75, 3.05) is 20.1 Å². The first-order chi connectivity index (χ1) is 10.1. The van der Waals surface area contributed by atoms with Gasteiger partial charge in [0.25, 0.3) is 0 Å². The molecule has 1 unspecified atom stereocenters. The van der Waals surface area contributed by atoms with E-state index in [4.69, 9.17) is 4.52 Å². The molecular weight excluding hydrogens is 270 g/mol. The highest BCUT2D eigenvalue weighted by atomic mass is 16.5. The number of rotatable bonds is 7. The second kappa shape index (κ2) is 7.19. The Kier molecular flexibility index (Phi) is 5.30. The minimum absolute atomic E-state index is 0.167. The SMILES string of the molecule is CCCN(C)CC(O)Cn1c(-c2ccccc2)noc1=O. The molecule has 1 atom stereocenters. The molecule has 0 bridgehead atoms. The molecular formula is C15H21N3O3. The Hall–Kier alpha value is -1.92. The molecule has 0 aliphatic rings. The van der Waals surface area contributed by atoms with E-state index in [1.54, 1.807) is 0 Å². The van der Waals surface area contributed by atoms with Crippen LogP contribution in [0, 0.1) is 0 Å². The maximum atomic E-state index is 11.8. The fourth-order valence-corrected chi connectivity index (χ4v) is 2.33. The summed E-state index contributed by atoms with van der Waals surface area (Å²) in [6.07, 6.45) is 0.368. The maximum absolute atomic E-state index is 11.8. The Morgan fingerprint density at radius 1 is 1.38 bits per heavy atom. The van der Waals surface area contributed by atoms with Gasteiger partial charge in [0, 0.05) is 12.1 Å². The monoisotopic (exact) mass is 291 g/mol. The molecule has 0 saturated heterocycles. The van der Waals surface area contributed by atoms with Crippen LogP contribution in [0.4, 0.5) is 0 Å². The van der Waals surface area contributed by atoms with Gasteiger partial charge in [0.15, 0.2) is 5.82 Å². The third-order valence-electron chi connectivity index (χ3n) is 3.24. The van der Waals surface area contributed by atoms with Crippen molar-refractivity contribution in [1.82, 2.24) is 14.6 Å². The molecule has 0 aliphatic carbocycles. The number of nitrogens with zero attached hydrogens (tertiary/aromatic N) is 3. The highest BCUT2D eigenvalue weighted by molar-refractivity contribution is 5.54. The molecule has 1 N–H and O–H groups in total. The molecule has 114 valence electrons. The van der Waals surface area contributed by atoms with Crippen molar-refractivity contribution in [1.29, 1.82) is 0 Å². The summed E-state index contributed by atoms with van der Waals surface area (Å²) in [5.41, 5.74) is 0.789. The van der Waals surface area contributed by atoms with Crippen LogP contribution in [-0.4, -0.2) is 46.0 Å². The van der Waals surface area contributed by atoms with Crippen LogP contribution in [0.25, 0.3) is 11.4 Å². The zero-order valence-corrected chi connectivity index (χ0v) is 12.4. The minimum Gasteiger partial charge on any atom is -0.390 e. The van der Waals surface area contributed by atoms with Crippen LogP contribution in [0.2, 0.25) is 0 Å². The van der Waals surface area contributed by atoms with Gasteiger partial charge in [-0.3, -0.25) is 9.09 Å². The molecule has 2 rings (SSSR count). The van der Waals surface area contributed by atoms with Crippen molar-refractivity contribution in [3.05, 3.63) is 40.9 Å². The van der Waals surface area contributed by atoms with Crippen LogP contribution in [0.3, 0.4) is 0 Å².